The fraction of sp³-hybridized carbons (Fsp3) is 0.462. The quantitative estimate of drug-likeness (QED) is 0.776. The van der Waals surface area contributed by atoms with E-state index in [2.05, 4.69) is 15.8 Å². The van der Waals surface area contributed by atoms with Crippen LogP contribution in [-0.2, 0) is 9.53 Å². The van der Waals surface area contributed by atoms with Crippen molar-refractivity contribution in [2.24, 2.45) is 0 Å². The minimum atomic E-state index is -0.142. The van der Waals surface area contributed by atoms with Gasteiger partial charge in [0.25, 0.3) is 5.91 Å². The molecule has 2 saturated heterocycles. The highest BCUT2D eigenvalue weighted by Crippen LogP contribution is 2.24. The molecule has 18 heavy (non-hydrogen) atoms. The van der Waals surface area contributed by atoms with E-state index in [1.165, 1.54) is 0 Å². The summed E-state index contributed by atoms with van der Waals surface area (Å²) < 4.78 is 5.34. The van der Waals surface area contributed by atoms with Gasteiger partial charge in [0.15, 0.2) is 0 Å². The van der Waals surface area contributed by atoms with E-state index in [4.69, 9.17) is 4.74 Å². The maximum Gasteiger partial charge on any atom is 0.253 e. The van der Waals surface area contributed by atoms with Crippen LogP contribution >= 0.6 is 0 Å². The third-order valence-electron chi connectivity index (χ3n) is 3.53. The van der Waals surface area contributed by atoms with Crippen LogP contribution in [-0.4, -0.2) is 43.2 Å². The van der Waals surface area contributed by atoms with E-state index in [1.54, 1.807) is 0 Å². The van der Waals surface area contributed by atoms with Gasteiger partial charge in [0.05, 0.1) is 19.3 Å². The Hall–Kier alpha value is -1.43. The monoisotopic (exact) mass is 247 g/mol. The highest BCUT2D eigenvalue weighted by molar-refractivity contribution is 5.84. The molecule has 0 unspecified atom stereocenters. The Kier molecular flexibility index (Phi) is 3.27. The van der Waals surface area contributed by atoms with Crippen molar-refractivity contribution >= 4 is 5.91 Å². The first kappa shape index (κ1) is 11.6. The van der Waals surface area contributed by atoms with E-state index in [0.29, 0.717) is 13.2 Å². The lowest BCUT2D eigenvalue weighted by Crippen LogP contribution is -2.48. The molecule has 1 amide bonds. The van der Waals surface area contributed by atoms with Crippen molar-refractivity contribution in [1.29, 1.82) is 0 Å². The topological polar surface area (TPSA) is 53.6 Å². The first-order chi connectivity index (χ1) is 8.86. The number of ether oxygens (including phenoxy) is 1. The molecule has 0 aromatic heterocycles. The van der Waals surface area contributed by atoms with E-state index in [1.807, 2.05) is 30.3 Å². The summed E-state index contributed by atoms with van der Waals surface area (Å²) in [5.74, 6) is 0.0470. The lowest BCUT2D eigenvalue weighted by molar-refractivity contribution is -0.125. The number of nitrogens with one attached hydrogen (secondary N) is 2. The van der Waals surface area contributed by atoms with E-state index < -0.39 is 0 Å². The van der Waals surface area contributed by atoms with Gasteiger partial charge in [-0.2, -0.15) is 0 Å². The summed E-state index contributed by atoms with van der Waals surface area (Å²) in [6.07, 6.45) is 0. The predicted molar refractivity (Wildman–Crippen MR) is 66.6 cm³/mol. The van der Waals surface area contributed by atoms with Crippen molar-refractivity contribution in [3.05, 3.63) is 35.9 Å². The Morgan fingerprint density at radius 3 is 2.61 bits per heavy atom. The maximum absolute atomic E-state index is 12.0. The zero-order valence-electron chi connectivity index (χ0n) is 10.1. The number of morpholine rings is 1. The zero-order valence-corrected chi connectivity index (χ0v) is 10.1. The SMILES string of the molecule is O=C1NN[C@@H](c2ccccc2)[C@@H]1N1CCOCC1. The molecule has 2 heterocycles. The number of carbonyl (C=O) groups is 1. The number of rotatable bonds is 2. The second kappa shape index (κ2) is 5.06. The normalized spacial score (nSPS) is 29.2. The largest absolute Gasteiger partial charge is 0.379 e. The highest BCUT2D eigenvalue weighted by atomic mass is 16.5. The third kappa shape index (κ3) is 2.12. The van der Waals surface area contributed by atoms with Crippen LogP contribution in [0.25, 0.3) is 0 Å². The molecule has 3 rings (SSSR count). The summed E-state index contributed by atoms with van der Waals surface area (Å²) in [4.78, 5) is 14.2. The number of carbonyl (C=O) groups excluding carboxylic acids is 1. The highest BCUT2D eigenvalue weighted by Gasteiger charge is 2.40. The Morgan fingerprint density at radius 1 is 1.17 bits per heavy atom. The molecule has 0 radical (unpaired) electrons. The van der Waals surface area contributed by atoms with Crippen LogP contribution in [0, 0.1) is 0 Å². The van der Waals surface area contributed by atoms with E-state index in [-0.39, 0.29) is 18.0 Å². The molecule has 2 atom stereocenters. The van der Waals surface area contributed by atoms with Crippen LogP contribution < -0.4 is 10.9 Å². The summed E-state index contributed by atoms with van der Waals surface area (Å²) in [5.41, 5.74) is 6.96. The Bertz CT molecular complexity index is 418. The maximum atomic E-state index is 12.0. The third-order valence-corrected chi connectivity index (χ3v) is 3.53. The molecule has 0 bridgehead atoms. The summed E-state index contributed by atoms with van der Waals surface area (Å²) >= 11 is 0. The Balaban J connectivity index is 1.83. The van der Waals surface area contributed by atoms with E-state index >= 15 is 0 Å². The molecule has 2 fully saturated rings. The molecule has 2 N–H and O–H groups in total. The van der Waals surface area contributed by atoms with Crippen molar-refractivity contribution < 1.29 is 9.53 Å². The summed E-state index contributed by atoms with van der Waals surface area (Å²) in [6.45, 7) is 3.02. The molecule has 2 aliphatic heterocycles. The lowest BCUT2D eigenvalue weighted by atomic mass is 9.99. The lowest BCUT2D eigenvalue weighted by Gasteiger charge is -2.33. The van der Waals surface area contributed by atoms with Crippen LogP contribution in [0.15, 0.2) is 30.3 Å². The fourth-order valence-electron chi connectivity index (χ4n) is 2.61. The van der Waals surface area contributed by atoms with Gasteiger partial charge in [0.2, 0.25) is 0 Å². The number of hydrogen-bond acceptors (Lipinski definition) is 4. The molecule has 0 aliphatic carbocycles. The fourth-order valence-corrected chi connectivity index (χ4v) is 2.61. The van der Waals surface area contributed by atoms with E-state index in [9.17, 15) is 4.79 Å². The van der Waals surface area contributed by atoms with Gasteiger partial charge in [-0.25, -0.2) is 5.43 Å². The van der Waals surface area contributed by atoms with Crippen LogP contribution in [0.1, 0.15) is 11.6 Å². The van der Waals surface area contributed by atoms with Crippen molar-refractivity contribution in [2.75, 3.05) is 26.3 Å². The van der Waals surface area contributed by atoms with Gasteiger partial charge in [-0.1, -0.05) is 30.3 Å². The van der Waals surface area contributed by atoms with Gasteiger partial charge >= 0.3 is 0 Å². The molecule has 96 valence electrons. The smallest absolute Gasteiger partial charge is 0.253 e. The molecule has 5 nitrogen and oxygen atoms in total. The number of hydrazine groups is 1. The standard InChI is InChI=1S/C13H17N3O2/c17-13-12(16-6-8-18-9-7-16)11(14-15-13)10-4-2-1-3-5-10/h1-5,11-12,14H,6-9H2,(H,15,17)/t11-,12-/m0/s1. The van der Waals surface area contributed by atoms with Crippen LogP contribution in [0.4, 0.5) is 0 Å². The van der Waals surface area contributed by atoms with Crippen LogP contribution in [0.3, 0.4) is 0 Å². The number of amides is 1. The van der Waals surface area contributed by atoms with Gasteiger partial charge in [0, 0.05) is 13.1 Å². The molecule has 1 aromatic rings. The first-order valence-corrected chi connectivity index (χ1v) is 6.28. The van der Waals surface area contributed by atoms with Gasteiger partial charge in [0.1, 0.15) is 6.04 Å². The van der Waals surface area contributed by atoms with Gasteiger partial charge in [-0.15, -0.1) is 0 Å². The summed E-state index contributed by atoms with van der Waals surface area (Å²) in [5, 5.41) is 0. The van der Waals surface area contributed by atoms with Gasteiger partial charge < -0.3 is 4.74 Å². The van der Waals surface area contributed by atoms with Gasteiger partial charge in [-0.05, 0) is 5.56 Å². The number of benzene rings is 1. The molecular weight excluding hydrogens is 230 g/mol. The minimum Gasteiger partial charge on any atom is -0.379 e. The van der Waals surface area contributed by atoms with Crippen LogP contribution in [0.2, 0.25) is 0 Å². The first-order valence-electron chi connectivity index (χ1n) is 6.28. The molecule has 5 heteroatoms. The molecule has 2 aliphatic rings. The number of hydrogen-bond donors (Lipinski definition) is 2. The Labute approximate surface area is 106 Å². The van der Waals surface area contributed by atoms with Crippen LogP contribution in [0.5, 0.6) is 0 Å². The second-order valence-corrected chi connectivity index (χ2v) is 4.62. The van der Waals surface area contributed by atoms with Gasteiger partial charge in [-0.3, -0.25) is 15.1 Å². The van der Waals surface area contributed by atoms with Crippen molar-refractivity contribution in [1.82, 2.24) is 15.8 Å². The Morgan fingerprint density at radius 2 is 1.89 bits per heavy atom. The summed E-state index contributed by atoms with van der Waals surface area (Å²) in [7, 11) is 0. The molecular formula is C13H17N3O2. The second-order valence-electron chi connectivity index (χ2n) is 4.62. The van der Waals surface area contributed by atoms with Crippen molar-refractivity contribution in [3.63, 3.8) is 0 Å². The zero-order chi connectivity index (χ0) is 12.4. The van der Waals surface area contributed by atoms with Crippen molar-refractivity contribution in [2.45, 2.75) is 12.1 Å². The minimum absolute atomic E-state index is 0.0109. The molecule has 1 aromatic carbocycles. The average molecular weight is 247 g/mol. The number of nitrogens with zero attached hydrogens (tertiary/aromatic N) is 1. The summed E-state index contributed by atoms with van der Waals surface area (Å²) in [6, 6.07) is 9.94. The predicted octanol–water partition coefficient (Wildman–Crippen LogP) is 0.0629. The van der Waals surface area contributed by atoms with Crippen molar-refractivity contribution in [3.8, 4) is 0 Å². The molecule has 0 spiro atoms. The molecule has 0 saturated carbocycles. The average Bonchev–Trinajstić information content (AvgIpc) is 2.83. The van der Waals surface area contributed by atoms with E-state index in [0.717, 1.165) is 18.7 Å².